The van der Waals surface area contributed by atoms with E-state index in [1.165, 1.54) is 6.07 Å². The van der Waals surface area contributed by atoms with Crippen molar-refractivity contribution in [2.75, 3.05) is 5.75 Å². The largest absolute Gasteiger partial charge is 0.323 e. The molecule has 2 nitrogen and oxygen atoms in total. The summed E-state index contributed by atoms with van der Waals surface area (Å²) in [6, 6.07) is 10.1. The van der Waals surface area contributed by atoms with Crippen LogP contribution in [0.4, 0.5) is 8.78 Å². The van der Waals surface area contributed by atoms with Crippen molar-refractivity contribution in [1.82, 2.24) is 0 Å². The first-order valence-corrected chi connectivity index (χ1v) is 7.45. The minimum absolute atomic E-state index is 0.0181. The maximum absolute atomic E-state index is 13.6. The smallest absolute Gasteiger partial charge is 0.142 e. The average Bonchev–Trinajstić information content (AvgIpc) is 2.38. The van der Waals surface area contributed by atoms with Crippen molar-refractivity contribution in [2.45, 2.75) is 17.9 Å². The molecule has 2 atom stereocenters. The van der Waals surface area contributed by atoms with Gasteiger partial charge in [0.2, 0.25) is 0 Å². The molecule has 0 fully saturated rings. The summed E-state index contributed by atoms with van der Waals surface area (Å²) in [6.07, 6.45) is 0. The predicted octanol–water partition coefficient (Wildman–Crippen LogP) is 3.08. The summed E-state index contributed by atoms with van der Waals surface area (Å²) in [7, 11) is -1.61. The third-order valence-electron chi connectivity index (χ3n) is 3.06. The Morgan fingerprint density at radius 2 is 1.90 bits per heavy atom. The summed E-state index contributed by atoms with van der Waals surface area (Å²) in [5.41, 5.74) is 7.90. The van der Waals surface area contributed by atoms with Gasteiger partial charge >= 0.3 is 0 Å². The lowest BCUT2D eigenvalue weighted by atomic mass is 10.0. The molecule has 0 spiro atoms. The fourth-order valence-electron chi connectivity index (χ4n) is 2.01. The molecular formula is C15H15F2NOS. The van der Waals surface area contributed by atoms with Crippen LogP contribution in [-0.4, -0.2) is 9.96 Å². The fraction of sp³-hybridized carbons (Fsp3) is 0.200. The van der Waals surface area contributed by atoms with Crippen molar-refractivity contribution in [3.8, 4) is 0 Å². The minimum Gasteiger partial charge on any atom is -0.323 e. The molecule has 2 aromatic carbocycles. The van der Waals surface area contributed by atoms with E-state index in [2.05, 4.69) is 0 Å². The third kappa shape index (κ3) is 3.29. The van der Waals surface area contributed by atoms with E-state index >= 15 is 0 Å². The molecule has 0 bridgehead atoms. The second-order valence-electron chi connectivity index (χ2n) is 4.55. The summed E-state index contributed by atoms with van der Waals surface area (Å²) < 4.78 is 38.5. The Morgan fingerprint density at radius 1 is 1.20 bits per heavy atom. The highest BCUT2D eigenvalue weighted by atomic mass is 32.2. The maximum Gasteiger partial charge on any atom is 0.142 e. The molecule has 0 heterocycles. The van der Waals surface area contributed by atoms with Gasteiger partial charge in [0.25, 0.3) is 0 Å². The van der Waals surface area contributed by atoms with Gasteiger partial charge in [0.15, 0.2) is 0 Å². The molecular weight excluding hydrogens is 280 g/mol. The van der Waals surface area contributed by atoms with Crippen molar-refractivity contribution in [2.24, 2.45) is 5.73 Å². The van der Waals surface area contributed by atoms with Crippen molar-refractivity contribution in [3.05, 3.63) is 65.2 Å². The Bertz CT molecular complexity index is 646. The molecule has 0 saturated heterocycles. The van der Waals surface area contributed by atoms with Crippen LogP contribution in [0.15, 0.2) is 47.4 Å². The highest BCUT2D eigenvalue weighted by molar-refractivity contribution is 7.85. The first kappa shape index (κ1) is 14.8. The molecule has 0 aliphatic rings. The molecule has 0 aliphatic heterocycles. The van der Waals surface area contributed by atoms with Crippen LogP contribution in [-0.2, 0) is 10.8 Å². The molecule has 5 heteroatoms. The number of rotatable bonds is 4. The normalized spacial score (nSPS) is 14.0. The first-order valence-electron chi connectivity index (χ1n) is 6.13. The number of hydrogen-bond acceptors (Lipinski definition) is 2. The van der Waals surface area contributed by atoms with E-state index in [1.54, 1.807) is 0 Å². The molecule has 2 unspecified atom stereocenters. The van der Waals surface area contributed by atoms with Crippen molar-refractivity contribution >= 4 is 10.8 Å². The van der Waals surface area contributed by atoms with Crippen LogP contribution in [0.5, 0.6) is 0 Å². The van der Waals surface area contributed by atoms with E-state index in [4.69, 9.17) is 5.73 Å². The van der Waals surface area contributed by atoms with Gasteiger partial charge < -0.3 is 5.73 Å². The van der Waals surface area contributed by atoms with E-state index in [1.807, 2.05) is 31.2 Å². The van der Waals surface area contributed by atoms with E-state index < -0.39 is 28.5 Å². The zero-order valence-corrected chi connectivity index (χ0v) is 11.8. The van der Waals surface area contributed by atoms with Crippen molar-refractivity contribution in [3.63, 3.8) is 0 Å². The number of hydrogen-bond donors (Lipinski definition) is 1. The predicted molar refractivity (Wildman–Crippen MR) is 75.7 cm³/mol. The standard InChI is InChI=1S/C15H15F2NOS/c1-10-4-2-3-5-12(10)14(18)9-20(19)15-7-6-11(16)8-13(15)17/h2-8,14H,9,18H2,1H3. The van der Waals surface area contributed by atoms with Crippen LogP contribution < -0.4 is 5.73 Å². The lowest BCUT2D eigenvalue weighted by molar-refractivity contribution is 0.561. The maximum atomic E-state index is 13.6. The second kappa shape index (κ2) is 6.24. The molecule has 0 aliphatic carbocycles. The number of aryl methyl sites for hydroxylation is 1. The molecule has 0 saturated carbocycles. The summed E-state index contributed by atoms with van der Waals surface area (Å²) in [6.45, 7) is 1.91. The average molecular weight is 295 g/mol. The Balaban J connectivity index is 2.17. The van der Waals surface area contributed by atoms with E-state index in [9.17, 15) is 13.0 Å². The van der Waals surface area contributed by atoms with Gasteiger partial charge in [-0.2, -0.15) is 0 Å². The second-order valence-corrected chi connectivity index (χ2v) is 6.01. The summed E-state index contributed by atoms with van der Waals surface area (Å²) >= 11 is 0. The van der Waals surface area contributed by atoms with E-state index in [-0.39, 0.29) is 10.6 Å². The van der Waals surface area contributed by atoms with Gasteiger partial charge in [0.1, 0.15) is 11.6 Å². The monoisotopic (exact) mass is 295 g/mol. The Hall–Kier alpha value is -1.59. The van der Waals surface area contributed by atoms with Crippen LogP contribution in [0.3, 0.4) is 0 Å². The lowest BCUT2D eigenvalue weighted by Crippen LogP contribution is -2.19. The fourth-order valence-corrected chi connectivity index (χ4v) is 3.19. The summed E-state index contributed by atoms with van der Waals surface area (Å²) in [4.78, 5) is -0.0181. The molecule has 0 aromatic heterocycles. The molecule has 2 aromatic rings. The van der Waals surface area contributed by atoms with Crippen LogP contribution in [0.2, 0.25) is 0 Å². The van der Waals surface area contributed by atoms with Crippen LogP contribution in [0.1, 0.15) is 17.2 Å². The lowest BCUT2D eigenvalue weighted by Gasteiger charge is -2.14. The van der Waals surface area contributed by atoms with Crippen molar-refractivity contribution in [1.29, 1.82) is 0 Å². The topological polar surface area (TPSA) is 43.1 Å². The van der Waals surface area contributed by atoms with Crippen molar-refractivity contribution < 1.29 is 13.0 Å². The Labute approximate surface area is 119 Å². The van der Waals surface area contributed by atoms with Gasteiger partial charge in [-0.15, -0.1) is 0 Å². The molecule has 2 rings (SSSR count). The Kier molecular flexibility index (Phi) is 4.62. The number of nitrogens with two attached hydrogens (primary N) is 1. The van der Waals surface area contributed by atoms with Gasteiger partial charge in [0.05, 0.1) is 15.7 Å². The number of halogens is 2. The summed E-state index contributed by atoms with van der Waals surface area (Å²) in [5.74, 6) is -1.40. The van der Waals surface area contributed by atoms with Crippen LogP contribution >= 0.6 is 0 Å². The van der Waals surface area contributed by atoms with E-state index in [0.717, 1.165) is 23.3 Å². The van der Waals surface area contributed by atoms with Gasteiger partial charge in [0, 0.05) is 17.9 Å². The zero-order chi connectivity index (χ0) is 14.7. The Morgan fingerprint density at radius 3 is 2.55 bits per heavy atom. The quantitative estimate of drug-likeness (QED) is 0.942. The van der Waals surface area contributed by atoms with Crippen LogP contribution in [0, 0.1) is 18.6 Å². The highest BCUT2D eigenvalue weighted by Crippen LogP contribution is 2.20. The molecule has 0 amide bonds. The first-order chi connectivity index (χ1) is 9.49. The van der Waals surface area contributed by atoms with Gasteiger partial charge in [-0.1, -0.05) is 24.3 Å². The molecule has 2 N–H and O–H groups in total. The van der Waals surface area contributed by atoms with Gasteiger partial charge in [-0.05, 0) is 30.2 Å². The van der Waals surface area contributed by atoms with Crippen LogP contribution in [0.25, 0.3) is 0 Å². The zero-order valence-electron chi connectivity index (χ0n) is 11.0. The van der Waals surface area contributed by atoms with E-state index in [0.29, 0.717) is 0 Å². The molecule has 106 valence electrons. The minimum atomic E-state index is -1.61. The molecule has 20 heavy (non-hydrogen) atoms. The number of benzene rings is 2. The van der Waals surface area contributed by atoms with Gasteiger partial charge in [-0.3, -0.25) is 4.21 Å². The summed E-state index contributed by atoms with van der Waals surface area (Å²) in [5, 5.41) is 0. The SMILES string of the molecule is Cc1ccccc1C(N)CS(=O)c1ccc(F)cc1F. The third-order valence-corrected chi connectivity index (χ3v) is 4.54. The van der Waals surface area contributed by atoms with Gasteiger partial charge in [-0.25, -0.2) is 8.78 Å². The molecule has 0 radical (unpaired) electrons. The highest BCUT2D eigenvalue weighted by Gasteiger charge is 2.16.